The Hall–Kier alpha value is -3.56. The van der Waals surface area contributed by atoms with E-state index in [1.165, 1.54) is 19.2 Å². The predicted octanol–water partition coefficient (Wildman–Crippen LogP) is 3.38. The molecule has 0 aromatic heterocycles. The van der Waals surface area contributed by atoms with E-state index in [-0.39, 0.29) is 22.9 Å². The molecule has 0 saturated carbocycles. The first-order valence-electron chi connectivity index (χ1n) is 12.7. The maximum atomic E-state index is 14.1. The van der Waals surface area contributed by atoms with Crippen LogP contribution in [0.5, 0.6) is 0 Å². The van der Waals surface area contributed by atoms with Crippen LogP contribution >= 0.6 is 0 Å². The third kappa shape index (κ3) is 5.08. The molecule has 1 amide bonds. The van der Waals surface area contributed by atoms with Gasteiger partial charge in [0, 0.05) is 17.8 Å². The van der Waals surface area contributed by atoms with Crippen molar-refractivity contribution in [3.63, 3.8) is 0 Å². The molecular formula is C29H31F2N3O4. The van der Waals surface area contributed by atoms with Crippen LogP contribution in [0.4, 0.5) is 14.5 Å². The summed E-state index contributed by atoms with van der Waals surface area (Å²) in [4.78, 5) is 29.0. The van der Waals surface area contributed by atoms with Crippen LogP contribution < -0.4 is 10.6 Å². The Labute approximate surface area is 220 Å². The lowest BCUT2D eigenvalue weighted by Crippen LogP contribution is -2.53. The van der Waals surface area contributed by atoms with Crippen molar-refractivity contribution in [1.82, 2.24) is 10.2 Å². The second kappa shape index (κ2) is 10.7. The number of halogens is 2. The Morgan fingerprint density at radius 3 is 2.47 bits per heavy atom. The highest BCUT2D eigenvalue weighted by Gasteiger charge is 2.58. The van der Waals surface area contributed by atoms with Crippen LogP contribution in [0.15, 0.2) is 71.8 Å². The number of anilines is 1. The van der Waals surface area contributed by atoms with Crippen LogP contribution in [-0.4, -0.2) is 67.8 Å². The third-order valence-electron chi connectivity index (χ3n) is 7.48. The minimum atomic E-state index is -1.37. The second-order valence-electron chi connectivity index (χ2n) is 10.1. The molecule has 3 aliphatic heterocycles. The highest BCUT2D eigenvalue weighted by molar-refractivity contribution is 6.07. The van der Waals surface area contributed by atoms with Gasteiger partial charge in [0.1, 0.15) is 23.3 Å². The summed E-state index contributed by atoms with van der Waals surface area (Å²) in [7, 11) is 3.30. The number of methoxy groups -OCH3 is 1. The maximum absolute atomic E-state index is 14.1. The van der Waals surface area contributed by atoms with E-state index in [1.807, 2.05) is 37.4 Å². The largest absolute Gasteiger partial charge is 0.466 e. The van der Waals surface area contributed by atoms with Crippen molar-refractivity contribution < 1.29 is 27.8 Å². The van der Waals surface area contributed by atoms with Gasteiger partial charge in [-0.1, -0.05) is 36.4 Å². The van der Waals surface area contributed by atoms with Crippen molar-refractivity contribution in [3.8, 4) is 0 Å². The quantitative estimate of drug-likeness (QED) is 0.408. The van der Waals surface area contributed by atoms with E-state index in [4.69, 9.17) is 9.47 Å². The lowest BCUT2D eigenvalue weighted by atomic mass is 9.78. The number of hydrogen-bond donors (Lipinski definition) is 2. The average molecular weight is 524 g/mol. The molecule has 1 saturated heterocycles. The highest BCUT2D eigenvalue weighted by Crippen LogP contribution is 2.47. The number of nitrogens with one attached hydrogen (secondary N) is 2. The van der Waals surface area contributed by atoms with Gasteiger partial charge in [-0.15, -0.1) is 0 Å². The Bertz CT molecular complexity index is 1250. The molecule has 9 heteroatoms. The maximum Gasteiger partial charge on any atom is 0.337 e. The van der Waals surface area contributed by atoms with E-state index in [0.717, 1.165) is 37.6 Å². The zero-order valence-corrected chi connectivity index (χ0v) is 21.4. The van der Waals surface area contributed by atoms with Crippen LogP contribution in [-0.2, 0) is 25.5 Å². The van der Waals surface area contributed by atoms with Crippen molar-refractivity contribution in [3.05, 3.63) is 89.0 Å². The first-order chi connectivity index (χ1) is 18.3. The van der Waals surface area contributed by atoms with Gasteiger partial charge in [-0.25, -0.2) is 13.6 Å². The van der Waals surface area contributed by atoms with E-state index in [1.54, 1.807) is 12.2 Å². The minimum Gasteiger partial charge on any atom is -0.466 e. The number of piperidine rings is 1. The SMILES string of the molecule is COC(=O)C1=C(C(=O)NC2CCN(C)CC2)C2(C(Cc3ccccc3)Nc3cc(F)cc(F)c3)C=CC1O2. The molecule has 0 aliphatic carbocycles. The molecule has 2 N–H and O–H groups in total. The molecule has 3 atom stereocenters. The van der Waals surface area contributed by atoms with Gasteiger partial charge in [0.05, 0.1) is 24.3 Å². The Morgan fingerprint density at radius 1 is 1.13 bits per heavy atom. The fourth-order valence-electron chi connectivity index (χ4n) is 5.58. The standard InChI is InChI=1S/C29H31F2N3O4/c1-34-12-9-21(10-13-34)33-27(35)26-25(28(36)37-2)23-8-11-29(26,38-23)24(14-18-6-4-3-5-7-18)32-22-16-19(30)15-20(31)17-22/h3-8,11,15-17,21,23-24,32H,9-10,12-14H2,1-2H3,(H,33,35). The van der Waals surface area contributed by atoms with Crippen molar-refractivity contribution >= 4 is 17.6 Å². The monoisotopic (exact) mass is 523 g/mol. The number of esters is 1. The number of amides is 1. The molecule has 3 aliphatic rings. The van der Waals surface area contributed by atoms with Crippen molar-refractivity contribution in [1.29, 1.82) is 0 Å². The van der Waals surface area contributed by atoms with E-state index < -0.39 is 41.3 Å². The topological polar surface area (TPSA) is 79.9 Å². The summed E-state index contributed by atoms with van der Waals surface area (Å²) in [5, 5.41) is 6.32. The lowest BCUT2D eigenvalue weighted by molar-refractivity contribution is -0.137. The molecular weight excluding hydrogens is 492 g/mol. The van der Waals surface area contributed by atoms with Crippen molar-refractivity contribution in [2.75, 3.05) is 32.6 Å². The summed E-state index contributed by atoms with van der Waals surface area (Å²) in [6.45, 7) is 1.70. The zero-order chi connectivity index (χ0) is 26.9. The van der Waals surface area contributed by atoms with Gasteiger partial charge in [0.15, 0.2) is 0 Å². The van der Waals surface area contributed by atoms with E-state index >= 15 is 0 Å². The van der Waals surface area contributed by atoms with Gasteiger partial charge < -0.3 is 25.0 Å². The molecule has 0 radical (unpaired) electrons. The van der Waals surface area contributed by atoms with E-state index in [9.17, 15) is 18.4 Å². The van der Waals surface area contributed by atoms with Gasteiger partial charge in [-0.3, -0.25) is 4.79 Å². The van der Waals surface area contributed by atoms with Crippen molar-refractivity contribution in [2.45, 2.75) is 43.1 Å². The van der Waals surface area contributed by atoms with E-state index in [0.29, 0.717) is 6.42 Å². The number of nitrogens with zero attached hydrogens (tertiary/aromatic N) is 1. The number of carbonyl (C=O) groups is 2. The Kier molecular flexibility index (Phi) is 7.32. The minimum absolute atomic E-state index is 0.0527. The van der Waals surface area contributed by atoms with Crippen molar-refractivity contribution in [2.24, 2.45) is 0 Å². The number of carbonyl (C=O) groups excluding carboxylic acids is 2. The zero-order valence-electron chi connectivity index (χ0n) is 21.4. The Morgan fingerprint density at radius 2 is 1.82 bits per heavy atom. The van der Waals surface area contributed by atoms with E-state index in [2.05, 4.69) is 15.5 Å². The molecule has 3 heterocycles. The summed E-state index contributed by atoms with van der Waals surface area (Å²) < 4.78 is 39.7. The number of ether oxygens (including phenoxy) is 2. The third-order valence-corrected chi connectivity index (χ3v) is 7.48. The number of hydrogen-bond acceptors (Lipinski definition) is 6. The molecule has 3 unspecified atom stereocenters. The summed E-state index contributed by atoms with van der Waals surface area (Å²) in [6, 6.07) is 11.9. The number of rotatable bonds is 8. The van der Waals surface area contributed by atoms with Gasteiger partial charge in [0.25, 0.3) is 5.91 Å². The Balaban J connectivity index is 1.55. The first-order valence-corrected chi connectivity index (χ1v) is 12.7. The summed E-state index contributed by atoms with van der Waals surface area (Å²) >= 11 is 0. The predicted molar refractivity (Wildman–Crippen MR) is 138 cm³/mol. The van der Waals surface area contributed by atoms with Gasteiger partial charge in [-0.2, -0.15) is 0 Å². The lowest BCUT2D eigenvalue weighted by Gasteiger charge is -2.37. The van der Waals surface area contributed by atoms with Crippen LogP contribution in [0.25, 0.3) is 0 Å². The molecule has 2 aromatic carbocycles. The van der Waals surface area contributed by atoms with Crippen LogP contribution in [0.3, 0.4) is 0 Å². The van der Waals surface area contributed by atoms with Crippen LogP contribution in [0.1, 0.15) is 18.4 Å². The number of benzene rings is 2. The second-order valence-corrected chi connectivity index (χ2v) is 10.1. The molecule has 0 spiro atoms. The number of likely N-dealkylation sites (tertiary alicyclic amines) is 1. The molecule has 7 nitrogen and oxygen atoms in total. The molecule has 2 aromatic rings. The summed E-state index contributed by atoms with van der Waals surface area (Å²) in [6.07, 6.45) is 4.63. The summed E-state index contributed by atoms with van der Waals surface area (Å²) in [5.41, 5.74) is 0.0486. The smallest absolute Gasteiger partial charge is 0.337 e. The molecule has 1 fully saturated rings. The van der Waals surface area contributed by atoms with Crippen LogP contribution in [0.2, 0.25) is 0 Å². The number of fused-ring (bicyclic) bond motifs is 2. The molecule has 2 bridgehead atoms. The van der Waals surface area contributed by atoms with Crippen LogP contribution in [0, 0.1) is 11.6 Å². The fourth-order valence-corrected chi connectivity index (χ4v) is 5.58. The molecule has 38 heavy (non-hydrogen) atoms. The first kappa shape index (κ1) is 26.1. The molecule has 5 rings (SSSR count). The van der Waals surface area contributed by atoms with Gasteiger partial charge >= 0.3 is 5.97 Å². The normalized spacial score (nSPS) is 23.9. The van der Waals surface area contributed by atoms with Gasteiger partial charge in [-0.05, 0) is 63.2 Å². The molecule has 200 valence electrons. The average Bonchev–Trinajstić information content (AvgIpc) is 3.48. The highest BCUT2D eigenvalue weighted by atomic mass is 19.1. The fraction of sp³-hybridized carbons (Fsp3) is 0.379. The van der Waals surface area contributed by atoms with Gasteiger partial charge in [0.2, 0.25) is 0 Å². The summed E-state index contributed by atoms with van der Waals surface area (Å²) in [5.74, 6) is -2.52.